The molecule has 0 bridgehead atoms. The number of unbranched alkanes of at least 4 members (excludes halogenated alkanes) is 1. The van der Waals surface area contributed by atoms with Gasteiger partial charge in [0.1, 0.15) is 6.67 Å². The highest BCUT2D eigenvalue weighted by Crippen LogP contribution is 2.30. The molecule has 1 aliphatic heterocycles. The lowest BCUT2D eigenvalue weighted by Gasteiger charge is -2.31. The van der Waals surface area contributed by atoms with Crippen molar-refractivity contribution in [1.29, 1.82) is 0 Å². The molecule has 1 aromatic rings. The number of carbonyl (C=O) groups excluding carboxylic acids is 1. The molecule has 6 heteroatoms. The van der Waals surface area contributed by atoms with Gasteiger partial charge in [-0.05, 0) is 19.3 Å². The van der Waals surface area contributed by atoms with Gasteiger partial charge in [0.05, 0.1) is 6.61 Å². The van der Waals surface area contributed by atoms with Crippen molar-refractivity contribution >= 4 is 5.91 Å². The van der Waals surface area contributed by atoms with E-state index in [0.29, 0.717) is 25.0 Å². The number of nitrogens with zero attached hydrogens (tertiary/aromatic N) is 2. The first-order valence-corrected chi connectivity index (χ1v) is 7.15. The second-order valence-corrected chi connectivity index (χ2v) is 5.25. The van der Waals surface area contributed by atoms with Crippen molar-refractivity contribution in [1.82, 2.24) is 9.58 Å². The molecule has 108 valence electrons. The lowest BCUT2D eigenvalue weighted by Crippen LogP contribution is -2.47. The number of rotatable bonds is 5. The van der Waals surface area contributed by atoms with Crippen LogP contribution in [-0.2, 0) is 0 Å². The molecule has 6 nitrogen and oxygen atoms in total. The van der Waals surface area contributed by atoms with Crippen LogP contribution in [0.1, 0.15) is 43.1 Å². The van der Waals surface area contributed by atoms with Gasteiger partial charge in [-0.15, -0.1) is 0 Å². The van der Waals surface area contributed by atoms with Crippen molar-refractivity contribution < 1.29 is 9.53 Å². The number of hydrogen-bond donors (Lipinski definition) is 1. The predicted molar refractivity (Wildman–Crippen MR) is 74.5 cm³/mol. The molecule has 1 saturated carbocycles. The van der Waals surface area contributed by atoms with Gasteiger partial charge in [0.25, 0.3) is 5.91 Å². The van der Waals surface area contributed by atoms with Crippen LogP contribution in [-0.4, -0.2) is 34.8 Å². The molecular formula is C14H19N3O3. The third kappa shape index (κ3) is 2.26. The SMILES string of the molecule is CCCCOc1c2n(ccc1=O)NCN(C1CC1)C2=O. The first kappa shape index (κ1) is 13.0. The van der Waals surface area contributed by atoms with Crippen LogP contribution in [0, 0.1) is 0 Å². The van der Waals surface area contributed by atoms with Crippen LogP contribution < -0.4 is 15.6 Å². The summed E-state index contributed by atoms with van der Waals surface area (Å²) in [6.45, 7) is 2.99. The smallest absolute Gasteiger partial charge is 0.278 e. The Labute approximate surface area is 117 Å². The zero-order valence-corrected chi connectivity index (χ0v) is 11.6. The van der Waals surface area contributed by atoms with Crippen LogP contribution in [0.15, 0.2) is 17.1 Å². The minimum absolute atomic E-state index is 0.115. The first-order valence-electron chi connectivity index (χ1n) is 7.15. The minimum Gasteiger partial charge on any atom is -0.487 e. The average molecular weight is 277 g/mol. The maximum atomic E-state index is 12.6. The van der Waals surface area contributed by atoms with Crippen LogP contribution in [0.25, 0.3) is 0 Å². The molecule has 1 aliphatic carbocycles. The van der Waals surface area contributed by atoms with E-state index in [1.165, 1.54) is 6.07 Å². The normalized spacial score (nSPS) is 17.6. The molecule has 0 radical (unpaired) electrons. The predicted octanol–water partition coefficient (Wildman–Crippen LogP) is 1.15. The van der Waals surface area contributed by atoms with Crippen molar-refractivity contribution in [3.63, 3.8) is 0 Å². The Balaban J connectivity index is 1.93. The van der Waals surface area contributed by atoms with Crippen molar-refractivity contribution in [2.75, 3.05) is 18.7 Å². The Bertz CT molecular complexity index is 578. The monoisotopic (exact) mass is 277 g/mol. The van der Waals surface area contributed by atoms with E-state index in [1.54, 1.807) is 15.8 Å². The van der Waals surface area contributed by atoms with Gasteiger partial charge in [-0.25, -0.2) is 0 Å². The number of fused-ring (bicyclic) bond motifs is 1. The number of amides is 1. The summed E-state index contributed by atoms with van der Waals surface area (Å²) in [7, 11) is 0. The van der Waals surface area contributed by atoms with Crippen molar-refractivity contribution in [2.24, 2.45) is 0 Å². The Morgan fingerprint density at radius 2 is 2.20 bits per heavy atom. The highest BCUT2D eigenvalue weighted by Gasteiger charge is 2.38. The molecule has 1 aromatic heterocycles. The summed E-state index contributed by atoms with van der Waals surface area (Å²) in [6, 6.07) is 1.74. The van der Waals surface area contributed by atoms with Crippen molar-refractivity contribution in [3.05, 3.63) is 28.2 Å². The maximum absolute atomic E-state index is 12.6. The van der Waals surface area contributed by atoms with E-state index >= 15 is 0 Å². The van der Waals surface area contributed by atoms with E-state index in [1.807, 2.05) is 0 Å². The van der Waals surface area contributed by atoms with Crippen LogP contribution in [0.2, 0.25) is 0 Å². The number of pyridine rings is 1. The van der Waals surface area contributed by atoms with Crippen LogP contribution in [0.5, 0.6) is 5.75 Å². The summed E-state index contributed by atoms with van der Waals surface area (Å²) in [5.41, 5.74) is 3.22. The van der Waals surface area contributed by atoms with Gasteiger partial charge in [-0.2, -0.15) is 0 Å². The molecule has 2 aliphatic rings. The van der Waals surface area contributed by atoms with E-state index in [0.717, 1.165) is 25.7 Å². The van der Waals surface area contributed by atoms with Gasteiger partial charge in [-0.1, -0.05) is 13.3 Å². The van der Waals surface area contributed by atoms with Gasteiger partial charge in [0, 0.05) is 18.3 Å². The number of carbonyl (C=O) groups is 1. The number of nitrogens with one attached hydrogen (secondary N) is 1. The first-order chi connectivity index (χ1) is 9.72. The van der Waals surface area contributed by atoms with Crippen LogP contribution in [0.3, 0.4) is 0 Å². The molecule has 0 spiro atoms. The number of ether oxygens (including phenoxy) is 1. The molecule has 0 atom stereocenters. The van der Waals surface area contributed by atoms with Gasteiger partial charge in [0.15, 0.2) is 11.4 Å². The zero-order valence-electron chi connectivity index (χ0n) is 11.6. The van der Waals surface area contributed by atoms with E-state index in [-0.39, 0.29) is 17.1 Å². The number of hydrogen-bond acceptors (Lipinski definition) is 4. The molecule has 1 fully saturated rings. The standard InChI is InChI=1S/C14H19N3O3/c1-2-3-8-20-13-11(18)6-7-17-12(13)14(19)16(9-15-17)10-4-5-10/h6-7,10,15H,2-5,8-9H2,1H3. The molecule has 0 aromatic carbocycles. The Morgan fingerprint density at radius 3 is 2.90 bits per heavy atom. The van der Waals surface area contributed by atoms with Gasteiger partial charge in [-0.3, -0.25) is 14.3 Å². The van der Waals surface area contributed by atoms with E-state index < -0.39 is 0 Å². The lowest BCUT2D eigenvalue weighted by atomic mass is 10.2. The summed E-state index contributed by atoms with van der Waals surface area (Å²) in [5, 5.41) is 0. The van der Waals surface area contributed by atoms with Crippen LogP contribution in [0.4, 0.5) is 0 Å². The van der Waals surface area contributed by atoms with E-state index in [2.05, 4.69) is 12.3 Å². The third-order valence-electron chi connectivity index (χ3n) is 3.66. The highest BCUT2D eigenvalue weighted by molar-refractivity contribution is 5.96. The summed E-state index contributed by atoms with van der Waals surface area (Å²) in [4.78, 5) is 26.3. The second-order valence-electron chi connectivity index (χ2n) is 5.25. The summed E-state index contributed by atoms with van der Waals surface area (Å²) < 4.78 is 7.17. The quantitative estimate of drug-likeness (QED) is 0.820. The number of aromatic nitrogens is 1. The molecule has 3 rings (SSSR count). The fourth-order valence-corrected chi connectivity index (χ4v) is 2.35. The summed E-state index contributed by atoms with van der Waals surface area (Å²) in [6.07, 6.45) is 5.51. The van der Waals surface area contributed by atoms with Gasteiger partial charge >= 0.3 is 0 Å². The second kappa shape index (κ2) is 5.19. The molecule has 0 unspecified atom stereocenters. The van der Waals surface area contributed by atoms with E-state index in [9.17, 15) is 9.59 Å². The van der Waals surface area contributed by atoms with Crippen molar-refractivity contribution in [2.45, 2.75) is 38.6 Å². The zero-order chi connectivity index (χ0) is 14.1. The highest BCUT2D eigenvalue weighted by atomic mass is 16.5. The Morgan fingerprint density at radius 1 is 1.40 bits per heavy atom. The average Bonchev–Trinajstić information content (AvgIpc) is 3.26. The fraction of sp³-hybridized carbons (Fsp3) is 0.571. The fourth-order valence-electron chi connectivity index (χ4n) is 2.35. The molecule has 1 N–H and O–H groups in total. The molecular weight excluding hydrogens is 258 g/mol. The Hall–Kier alpha value is -1.98. The van der Waals surface area contributed by atoms with E-state index in [4.69, 9.17) is 4.74 Å². The molecule has 0 saturated heterocycles. The minimum atomic E-state index is -0.236. The topological polar surface area (TPSA) is 63.6 Å². The summed E-state index contributed by atoms with van der Waals surface area (Å²) >= 11 is 0. The maximum Gasteiger partial charge on any atom is 0.278 e. The largest absolute Gasteiger partial charge is 0.487 e. The molecule has 2 heterocycles. The summed E-state index contributed by atoms with van der Waals surface area (Å²) in [5.74, 6) is 0.0549. The lowest BCUT2D eigenvalue weighted by molar-refractivity contribution is 0.0707. The van der Waals surface area contributed by atoms with Crippen LogP contribution >= 0.6 is 0 Å². The third-order valence-corrected chi connectivity index (χ3v) is 3.66. The van der Waals surface area contributed by atoms with Crippen molar-refractivity contribution in [3.8, 4) is 5.75 Å². The van der Waals surface area contributed by atoms with Gasteiger partial charge in [0.2, 0.25) is 5.43 Å². The molecule has 20 heavy (non-hydrogen) atoms. The van der Waals surface area contributed by atoms with Gasteiger partial charge < -0.3 is 15.1 Å². The molecule has 1 amide bonds. The Kier molecular flexibility index (Phi) is 3.38.